The second kappa shape index (κ2) is 10.8. The first-order valence-corrected chi connectivity index (χ1v) is 11.1. The minimum atomic E-state index is -0.250. The molecule has 2 aromatic carbocycles. The Balaban J connectivity index is 1.32. The van der Waals surface area contributed by atoms with Crippen LogP contribution in [0.1, 0.15) is 23.2 Å². The number of carbonyl (C=O) groups is 2. The van der Waals surface area contributed by atoms with E-state index < -0.39 is 0 Å². The summed E-state index contributed by atoms with van der Waals surface area (Å²) < 4.78 is 17.9. The molecule has 1 N–H and O–H groups in total. The van der Waals surface area contributed by atoms with Gasteiger partial charge in [-0.3, -0.25) is 9.59 Å². The topological polar surface area (TPSA) is 94.9 Å². The molecule has 0 bridgehead atoms. The molecule has 1 fully saturated rings. The maximum absolute atomic E-state index is 13.0. The van der Waals surface area contributed by atoms with Crippen molar-refractivity contribution < 1.29 is 23.8 Å². The molecule has 0 radical (unpaired) electrons. The van der Waals surface area contributed by atoms with Gasteiger partial charge in [-0.25, -0.2) is 4.68 Å². The number of amides is 2. The van der Waals surface area contributed by atoms with Crippen LogP contribution in [0, 0.1) is 0 Å². The largest absolute Gasteiger partial charge is 0.493 e. The van der Waals surface area contributed by atoms with E-state index in [1.165, 1.54) is 7.11 Å². The van der Waals surface area contributed by atoms with Crippen LogP contribution in [-0.2, 0) is 9.53 Å². The molecule has 0 spiro atoms. The third-order valence-electron chi connectivity index (χ3n) is 5.61. The van der Waals surface area contributed by atoms with Crippen LogP contribution in [0.4, 0.5) is 5.69 Å². The maximum Gasteiger partial charge on any atom is 0.253 e. The van der Waals surface area contributed by atoms with Crippen LogP contribution in [-0.4, -0.2) is 66.5 Å². The number of nitrogens with zero attached hydrogens (tertiary/aromatic N) is 3. The first-order valence-electron chi connectivity index (χ1n) is 11.1. The van der Waals surface area contributed by atoms with E-state index in [0.29, 0.717) is 30.1 Å². The number of aromatic nitrogens is 2. The summed E-state index contributed by atoms with van der Waals surface area (Å²) in [6.45, 7) is 1.24. The Morgan fingerprint density at radius 1 is 1.03 bits per heavy atom. The van der Waals surface area contributed by atoms with Gasteiger partial charge in [-0.15, -0.1) is 0 Å². The average Bonchev–Trinajstić information content (AvgIpc) is 3.33. The summed E-state index contributed by atoms with van der Waals surface area (Å²) in [5.41, 5.74) is 1.97. The van der Waals surface area contributed by atoms with E-state index in [-0.39, 0.29) is 24.5 Å². The van der Waals surface area contributed by atoms with Crippen LogP contribution in [0.2, 0.25) is 0 Å². The molecule has 1 saturated heterocycles. The first kappa shape index (κ1) is 23.3. The molecular formula is C25H28N4O5. The highest BCUT2D eigenvalue weighted by molar-refractivity contribution is 5.94. The summed E-state index contributed by atoms with van der Waals surface area (Å²) in [5.74, 6) is 1.18. The third kappa shape index (κ3) is 5.55. The number of carbonyl (C=O) groups excluding carboxylic acids is 2. The number of hydrogen-bond acceptors (Lipinski definition) is 6. The van der Waals surface area contributed by atoms with Crippen molar-refractivity contribution in [2.24, 2.45) is 0 Å². The van der Waals surface area contributed by atoms with Crippen molar-refractivity contribution in [1.82, 2.24) is 14.7 Å². The number of rotatable bonds is 8. The molecule has 0 aliphatic carbocycles. The van der Waals surface area contributed by atoms with Gasteiger partial charge in [0.2, 0.25) is 5.91 Å². The molecule has 1 aliphatic heterocycles. The summed E-state index contributed by atoms with van der Waals surface area (Å²) in [6.07, 6.45) is 4.82. The van der Waals surface area contributed by atoms with Crippen molar-refractivity contribution in [3.8, 4) is 17.2 Å². The van der Waals surface area contributed by atoms with Crippen molar-refractivity contribution in [3.63, 3.8) is 0 Å². The molecule has 0 saturated carbocycles. The fourth-order valence-corrected chi connectivity index (χ4v) is 3.87. The zero-order valence-electron chi connectivity index (χ0n) is 19.3. The van der Waals surface area contributed by atoms with Crippen molar-refractivity contribution in [2.75, 3.05) is 39.2 Å². The van der Waals surface area contributed by atoms with Crippen LogP contribution in [0.25, 0.3) is 5.69 Å². The van der Waals surface area contributed by atoms with E-state index in [2.05, 4.69) is 10.4 Å². The van der Waals surface area contributed by atoms with E-state index in [1.807, 2.05) is 41.3 Å². The maximum atomic E-state index is 13.0. The van der Waals surface area contributed by atoms with Crippen LogP contribution in [0.15, 0.2) is 60.9 Å². The lowest BCUT2D eigenvalue weighted by Gasteiger charge is -2.32. The Morgan fingerprint density at radius 2 is 1.74 bits per heavy atom. The fraction of sp³-hybridized carbons (Fsp3) is 0.320. The molecule has 34 heavy (non-hydrogen) atoms. The van der Waals surface area contributed by atoms with Crippen molar-refractivity contribution in [1.29, 1.82) is 0 Å². The lowest BCUT2D eigenvalue weighted by Crippen LogP contribution is -2.41. The molecule has 2 heterocycles. The lowest BCUT2D eigenvalue weighted by atomic mass is 10.1. The molecule has 4 rings (SSSR count). The minimum Gasteiger partial charge on any atom is -0.493 e. The normalized spacial score (nSPS) is 14.0. The second-order valence-electron chi connectivity index (χ2n) is 7.96. The Hall–Kier alpha value is -3.85. The quantitative estimate of drug-likeness (QED) is 0.550. The van der Waals surface area contributed by atoms with Crippen molar-refractivity contribution >= 4 is 17.5 Å². The average molecular weight is 465 g/mol. The second-order valence-corrected chi connectivity index (χ2v) is 7.96. The molecule has 1 aliphatic rings. The fourth-order valence-electron chi connectivity index (χ4n) is 3.87. The molecule has 3 aromatic rings. The van der Waals surface area contributed by atoms with E-state index in [4.69, 9.17) is 14.2 Å². The number of likely N-dealkylation sites (tertiary alicyclic amines) is 1. The van der Waals surface area contributed by atoms with Crippen molar-refractivity contribution in [2.45, 2.75) is 18.9 Å². The highest BCUT2D eigenvalue weighted by Gasteiger charge is 2.25. The zero-order valence-corrected chi connectivity index (χ0v) is 19.3. The minimum absolute atomic E-state index is 0.00438. The number of ether oxygens (including phenoxy) is 3. The molecule has 9 nitrogen and oxygen atoms in total. The van der Waals surface area contributed by atoms with Gasteiger partial charge < -0.3 is 24.4 Å². The molecule has 2 amide bonds. The summed E-state index contributed by atoms with van der Waals surface area (Å²) >= 11 is 0. The zero-order chi connectivity index (χ0) is 23.9. The van der Waals surface area contributed by atoms with Gasteiger partial charge in [0.15, 0.2) is 11.5 Å². The molecular weight excluding hydrogens is 436 g/mol. The van der Waals surface area contributed by atoms with Gasteiger partial charge in [-0.2, -0.15) is 5.10 Å². The third-order valence-corrected chi connectivity index (χ3v) is 5.61. The number of para-hydroxylation sites is 2. The van der Waals surface area contributed by atoms with Crippen LogP contribution >= 0.6 is 0 Å². The monoisotopic (exact) mass is 464 g/mol. The standard InChI is InChI=1S/C25H28N4O5/c1-32-17-24(30)27-19-15-26-29(16-19)20-9-7-18(8-10-20)25(31)28-13-11-21(12-14-28)34-23-6-4-3-5-22(23)33-2/h3-10,15-16,21H,11-14,17H2,1-2H3,(H,27,30). The van der Waals surface area contributed by atoms with Gasteiger partial charge in [0.1, 0.15) is 12.7 Å². The summed E-state index contributed by atoms with van der Waals surface area (Å²) in [6, 6.07) is 14.8. The molecule has 0 unspecified atom stereocenters. The van der Waals surface area contributed by atoms with E-state index in [1.54, 1.807) is 36.3 Å². The van der Waals surface area contributed by atoms with E-state index in [9.17, 15) is 9.59 Å². The van der Waals surface area contributed by atoms with Crippen LogP contribution in [0.5, 0.6) is 11.5 Å². The Labute approximate surface area is 198 Å². The highest BCUT2D eigenvalue weighted by atomic mass is 16.5. The first-order chi connectivity index (χ1) is 16.6. The van der Waals surface area contributed by atoms with Crippen molar-refractivity contribution in [3.05, 3.63) is 66.5 Å². The van der Waals surface area contributed by atoms with Crippen LogP contribution < -0.4 is 14.8 Å². The number of methoxy groups -OCH3 is 2. The number of piperidine rings is 1. The Kier molecular flexibility index (Phi) is 7.44. The summed E-state index contributed by atoms with van der Waals surface area (Å²) in [5, 5.41) is 6.97. The number of nitrogens with one attached hydrogen (secondary N) is 1. The van der Waals surface area contributed by atoms with Gasteiger partial charge >= 0.3 is 0 Å². The number of hydrogen-bond donors (Lipinski definition) is 1. The van der Waals surface area contributed by atoms with Gasteiger partial charge in [-0.1, -0.05) is 12.1 Å². The highest BCUT2D eigenvalue weighted by Crippen LogP contribution is 2.29. The number of anilines is 1. The molecule has 9 heteroatoms. The summed E-state index contributed by atoms with van der Waals surface area (Å²) in [7, 11) is 3.09. The van der Waals surface area contributed by atoms with Gasteiger partial charge in [0, 0.05) is 38.6 Å². The van der Waals surface area contributed by atoms with E-state index >= 15 is 0 Å². The summed E-state index contributed by atoms with van der Waals surface area (Å²) in [4.78, 5) is 26.5. The van der Waals surface area contributed by atoms with Crippen LogP contribution in [0.3, 0.4) is 0 Å². The molecule has 178 valence electrons. The van der Waals surface area contributed by atoms with Gasteiger partial charge in [0.05, 0.1) is 30.9 Å². The number of benzene rings is 2. The molecule has 1 aromatic heterocycles. The lowest BCUT2D eigenvalue weighted by molar-refractivity contribution is -0.119. The predicted molar refractivity (Wildman–Crippen MR) is 127 cm³/mol. The van der Waals surface area contributed by atoms with Gasteiger partial charge in [-0.05, 0) is 36.4 Å². The van der Waals surface area contributed by atoms with Gasteiger partial charge in [0.25, 0.3) is 5.91 Å². The Bertz CT molecular complexity index is 1120. The smallest absolute Gasteiger partial charge is 0.253 e. The van der Waals surface area contributed by atoms with E-state index in [0.717, 1.165) is 24.3 Å². The SMILES string of the molecule is COCC(=O)Nc1cnn(-c2ccc(C(=O)N3CCC(Oc4ccccc4OC)CC3)cc2)c1. The molecule has 0 atom stereocenters. The Morgan fingerprint density at radius 3 is 2.41 bits per heavy atom. The predicted octanol–water partition coefficient (Wildman–Crippen LogP) is 3.15.